The van der Waals surface area contributed by atoms with Crippen LogP contribution in [-0.2, 0) is 9.53 Å². The maximum Gasteiger partial charge on any atom is 0.347 e. The van der Waals surface area contributed by atoms with Crippen molar-refractivity contribution < 1.29 is 23.9 Å². The molecule has 0 spiro atoms. The number of nitro benzene ring substituents is 1. The van der Waals surface area contributed by atoms with Gasteiger partial charge in [0.15, 0.2) is 11.9 Å². The molecule has 0 radical (unpaired) electrons. The van der Waals surface area contributed by atoms with Gasteiger partial charge in [-0.25, -0.2) is 4.79 Å². The molecule has 7 heteroatoms. The van der Waals surface area contributed by atoms with Crippen molar-refractivity contribution in [1.29, 1.82) is 0 Å². The second-order valence-electron chi connectivity index (χ2n) is 3.86. The molecule has 1 aromatic carbocycles. The molecule has 1 aromatic rings. The molecule has 0 amide bonds. The SMILES string of the molecule is CCOC(=O)C(CC)Oc1ccc(OC)c([N+](=O)[O-])c1. The zero-order chi connectivity index (χ0) is 15.1. The summed E-state index contributed by atoms with van der Waals surface area (Å²) in [6.07, 6.45) is -0.387. The zero-order valence-electron chi connectivity index (χ0n) is 11.6. The number of carbonyl (C=O) groups is 1. The van der Waals surface area contributed by atoms with E-state index in [2.05, 4.69) is 0 Å². The lowest BCUT2D eigenvalue weighted by molar-refractivity contribution is -0.385. The summed E-state index contributed by atoms with van der Waals surface area (Å²) < 4.78 is 15.2. The molecule has 1 unspecified atom stereocenters. The van der Waals surface area contributed by atoms with Gasteiger partial charge in [0.1, 0.15) is 5.75 Å². The van der Waals surface area contributed by atoms with Crippen LogP contribution in [0.1, 0.15) is 20.3 Å². The lowest BCUT2D eigenvalue weighted by atomic mass is 10.2. The van der Waals surface area contributed by atoms with E-state index in [1.165, 1.54) is 25.3 Å². The topological polar surface area (TPSA) is 87.9 Å². The number of esters is 1. The van der Waals surface area contributed by atoms with Crippen molar-refractivity contribution in [1.82, 2.24) is 0 Å². The van der Waals surface area contributed by atoms with Crippen LogP contribution in [0.25, 0.3) is 0 Å². The highest BCUT2D eigenvalue weighted by Gasteiger charge is 2.22. The average Bonchev–Trinajstić information content (AvgIpc) is 2.44. The molecule has 0 saturated carbocycles. The second kappa shape index (κ2) is 7.32. The van der Waals surface area contributed by atoms with E-state index in [1.54, 1.807) is 13.8 Å². The molecule has 0 saturated heterocycles. The summed E-state index contributed by atoms with van der Waals surface area (Å²) in [7, 11) is 1.34. The number of nitro groups is 1. The van der Waals surface area contributed by atoms with Crippen LogP contribution in [0, 0.1) is 10.1 Å². The minimum Gasteiger partial charge on any atom is -0.490 e. The van der Waals surface area contributed by atoms with E-state index < -0.39 is 17.0 Å². The van der Waals surface area contributed by atoms with E-state index in [9.17, 15) is 14.9 Å². The Morgan fingerprint density at radius 1 is 1.40 bits per heavy atom. The molecule has 0 bridgehead atoms. The molecular weight excluding hydrogens is 266 g/mol. The highest BCUT2D eigenvalue weighted by Crippen LogP contribution is 2.31. The molecule has 1 rings (SSSR count). The van der Waals surface area contributed by atoms with Crippen LogP contribution < -0.4 is 9.47 Å². The van der Waals surface area contributed by atoms with Crippen LogP contribution in [-0.4, -0.2) is 30.7 Å². The lowest BCUT2D eigenvalue weighted by Crippen LogP contribution is -2.28. The van der Waals surface area contributed by atoms with Gasteiger partial charge in [-0.3, -0.25) is 10.1 Å². The first-order chi connectivity index (χ1) is 9.53. The van der Waals surface area contributed by atoms with E-state index in [-0.39, 0.29) is 23.8 Å². The number of benzene rings is 1. The van der Waals surface area contributed by atoms with E-state index in [0.717, 1.165) is 0 Å². The number of rotatable bonds is 7. The van der Waals surface area contributed by atoms with Gasteiger partial charge in [-0.15, -0.1) is 0 Å². The van der Waals surface area contributed by atoms with Crippen molar-refractivity contribution in [3.05, 3.63) is 28.3 Å². The van der Waals surface area contributed by atoms with Crippen molar-refractivity contribution in [2.75, 3.05) is 13.7 Å². The van der Waals surface area contributed by atoms with Crippen LogP contribution in [0.4, 0.5) is 5.69 Å². The summed E-state index contributed by atoms with van der Waals surface area (Å²) >= 11 is 0. The molecule has 0 aliphatic rings. The Morgan fingerprint density at radius 3 is 2.60 bits per heavy atom. The molecular formula is C13H17NO6. The summed E-state index contributed by atoms with van der Waals surface area (Å²) in [5.74, 6) is -0.141. The fourth-order valence-electron chi connectivity index (χ4n) is 1.58. The van der Waals surface area contributed by atoms with Gasteiger partial charge in [0, 0.05) is 0 Å². The smallest absolute Gasteiger partial charge is 0.347 e. The van der Waals surface area contributed by atoms with Gasteiger partial charge in [-0.2, -0.15) is 0 Å². The molecule has 0 heterocycles. The van der Waals surface area contributed by atoms with Crippen molar-refractivity contribution in [2.24, 2.45) is 0 Å². The number of hydrogen-bond acceptors (Lipinski definition) is 6. The maximum absolute atomic E-state index is 11.6. The first-order valence-corrected chi connectivity index (χ1v) is 6.19. The van der Waals surface area contributed by atoms with Crippen LogP contribution in [0.5, 0.6) is 11.5 Å². The summed E-state index contributed by atoms with van der Waals surface area (Å²) in [4.78, 5) is 21.9. The first-order valence-electron chi connectivity index (χ1n) is 6.19. The molecule has 0 aromatic heterocycles. The number of methoxy groups -OCH3 is 1. The van der Waals surface area contributed by atoms with Crippen molar-refractivity contribution >= 4 is 11.7 Å². The lowest BCUT2D eigenvalue weighted by Gasteiger charge is -2.16. The van der Waals surface area contributed by atoms with Crippen LogP contribution >= 0.6 is 0 Å². The molecule has 0 N–H and O–H groups in total. The predicted octanol–water partition coefficient (Wildman–Crippen LogP) is 2.32. The Morgan fingerprint density at radius 2 is 2.10 bits per heavy atom. The van der Waals surface area contributed by atoms with Gasteiger partial charge in [-0.1, -0.05) is 6.92 Å². The molecule has 1 atom stereocenters. The molecule has 0 aliphatic heterocycles. The highest BCUT2D eigenvalue weighted by atomic mass is 16.6. The molecule has 110 valence electrons. The Balaban J connectivity index is 2.94. The first kappa shape index (κ1) is 15.7. The van der Waals surface area contributed by atoms with E-state index in [4.69, 9.17) is 14.2 Å². The van der Waals surface area contributed by atoms with Gasteiger partial charge >= 0.3 is 11.7 Å². The fraction of sp³-hybridized carbons (Fsp3) is 0.462. The largest absolute Gasteiger partial charge is 0.490 e. The minimum atomic E-state index is -0.789. The number of nitrogens with zero attached hydrogens (tertiary/aromatic N) is 1. The maximum atomic E-state index is 11.6. The second-order valence-corrected chi connectivity index (χ2v) is 3.86. The molecule has 0 aliphatic carbocycles. The van der Waals surface area contributed by atoms with Crippen LogP contribution in [0.15, 0.2) is 18.2 Å². The summed E-state index contributed by atoms with van der Waals surface area (Å²) in [5, 5.41) is 10.9. The van der Waals surface area contributed by atoms with Gasteiger partial charge in [0.05, 0.1) is 24.7 Å². The molecule has 7 nitrogen and oxygen atoms in total. The summed E-state index contributed by atoms with van der Waals surface area (Å²) in [6, 6.07) is 4.15. The average molecular weight is 283 g/mol. The van der Waals surface area contributed by atoms with Gasteiger partial charge in [-0.05, 0) is 25.5 Å². The van der Waals surface area contributed by atoms with E-state index in [0.29, 0.717) is 6.42 Å². The Bertz CT molecular complexity index is 488. The normalized spacial score (nSPS) is 11.6. The number of hydrogen-bond donors (Lipinski definition) is 0. The van der Waals surface area contributed by atoms with Gasteiger partial charge in [0.2, 0.25) is 0 Å². The van der Waals surface area contributed by atoms with Crippen molar-refractivity contribution in [3.63, 3.8) is 0 Å². The Hall–Kier alpha value is -2.31. The van der Waals surface area contributed by atoms with Crippen LogP contribution in [0.2, 0.25) is 0 Å². The monoisotopic (exact) mass is 283 g/mol. The quantitative estimate of drug-likeness (QED) is 0.433. The van der Waals surface area contributed by atoms with Crippen LogP contribution in [0.3, 0.4) is 0 Å². The number of carbonyl (C=O) groups excluding carboxylic acids is 1. The standard InChI is InChI=1S/C13H17NO6/c1-4-11(13(15)19-5-2)20-9-6-7-12(18-3)10(8-9)14(16)17/h6-8,11H,4-5H2,1-3H3. The molecule has 20 heavy (non-hydrogen) atoms. The zero-order valence-corrected chi connectivity index (χ0v) is 11.6. The van der Waals surface area contributed by atoms with E-state index >= 15 is 0 Å². The third-order valence-corrected chi connectivity index (χ3v) is 2.55. The highest BCUT2D eigenvalue weighted by molar-refractivity contribution is 5.75. The van der Waals surface area contributed by atoms with Crippen molar-refractivity contribution in [2.45, 2.75) is 26.4 Å². The summed E-state index contributed by atoms with van der Waals surface area (Å²) in [5.41, 5.74) is -0.219. The number of ether oxygens (including phenoxy) is 3. The Kier molecular flexibility index (Phi) is 5.76. The fourth-order valence-corrected chi connectivity index (χ4v) is 1.58. The predicted molar refractivity (Wildman–Crippen MR) is 71.0 cm³/mol. The van der Waals surface area contributed by atoms with Gasteiger partial charge < -0.3 is 14.2 Å². The summed E-state index contributed by atoms with van der Waals surface area (Å²) in [6.45, 7) is 3.71. The third-order valence-electron chi connectivity index (χ3n) is 2.55. The molecule has 0 fully saturated rings. The minimum absolute atomic E-state index is 0.131. The third kappa shape index (κ3) is 3.84. The van der Waals surface area contributed by atoms with Gasteiger partial charge in [0.25, 0.3) is 0 Å². The Labute approximate surface area is 116 Å². The van der Waals surface area contributed by atoms with Crippen molar-refractivity contribution in [3.8, 4) is 11.5 Å². The van der Waals surface area contributed by atoms with E-state index in [1.807, 2.05) is 0 Å².